The fourth-order valence-corrected chi connectivity index (χ4v) is 3.45. The molecule has 0 bridgehead atoms. The highest BCUT2D eigenvalue weighted by atomic mass is 35.5. The van der Waals surface area contributed by atoms with Gasteiger partial charge in [-0.3, -0.25) is 14.9 Å². The Kier molecular flexibility index (Phi) is 4.33. The topological polar surface area (TPSA) is 114 Å². The Labute approximate surface area is 128 Å². The van der Waals surface area contributed by atoms with E-state index in [4.69, 9.17) is 16.7 Å². The number of hydrogen-bond donors (Lipinski definition) is 1. The van der Waals surface area contributed by atoms with Crippen LogP contribution < -0.4 is 0 Å². The number of nitro groups is 1. The zero-order chi connectivity index (χ0) is 15.7. The molecule has 0 aromatic carbocycles. The smallest absolute Gasteiger partial charge is 0.327 e. The minimum Gasteiger partial charge on any atom is -0.480 e. The molecule has 10 heteroatoms. The molecule has 1 amide bonds. The van der Waals surface area contributed by atoms with Crippen LogP contribution in [0.4, 0.5) is 5.69 Å². The molecule has 1 saturated heterocycles. The second kappa shape index (κ2) is 5.86. The Morgan fingerprint density at radius 3 is 2.86 bits per heavy atom. The molecule has 8 nitrogen and oxygen atoms in total. The Morgan fingerprint density at radius 2 is 2.29 bits per heavy atom. The third kappa shape index (κ3) is 2.79. The number of aromatic nitrogens is 1. The molecule has 2 atom stereocenters. The zero-order valence-corrected chi connectivity index (χ0v) is 12.3. The van der Waals surface area contributed by atoms with E-state index in [1.54, 1.807) is 6.92 Å². The summed E-state index contributed by atoms with van der Waals surface area (Å²) in [4.78, 5) is 38.6. The average molecular weight is 332 g/mol. The van der Waals surface area contributed by atoms with Crippen molar-refractivity contribution in [2.45, 2.75) is 18.3 Å². The molecule has 2 heterocycles. The minimum atomic E-state index is -1.15. The van der Waals surface area contributed by atoms with Crippen molar-refractivity contribution in [2.24, 2.45) is 0 Å². The van der Waals surface area contributed by atoms with Gasteiger partial charge in [0.05, 0.1) is 10.3 Å². The third-order valence-corrected chi connectivity index (χ3v) is 4.53. The summed E-state index contributed by atoms with van der Waals surface area (Å²) in [7, 11) is 0. The molecule has 1 aliphatic rings. The maximum atomic E-state index is 12.5. The van der Waals surface area contributed by atoms with E-state index >= 15 is 0 Å². The molecule has 0 aliphatic carbocycles. The molecule has 1 fully saturated rings. The van der Waals surface area contributed by atoms with Crippen molar-refractivity contribution in [3.8, 4) is 0 Å². The predicted molar refractivity (Wildman–Crippen MR) is 75.4 cm³/mol. The number of rotatable bonds is 3. The summed E-state index contributed by atoms with van der Waals surface area (Å²) < 4.78 is 0. The van der Waals surface area contributed by atoms with Gasteiger partial charge < -0.3 is 10.0 Å². The number of nitrogens with zero attached hydrogens (tertiary/aromatic N) is 3. The Hall–Kier alpha value is -1.87. The van der Waals surface area contributed by atoms with Crippen LogP contribution in [0.25, 0.3) is 0 Å². The summed E-state index contributed by atoms with van der Waals surface area (Å²) in [6, 6.07) is 0.144. The van der Waals surface area contributed by atoms with Crippen LogP contribution in [0.1, 0.15) is 17.3 Å². The summed E-state index contributed by atoms with van der Waals surface area (Å²) in [5.74, 6) is -1.66. The van der Waals surface area contributed by atoms with Gasteiger partial charge in [-0.1, -0.05) is 11.6 Å². The van der Waals surface area contributed by atoms with Crippen molar-refractivity contribution in [3.63, 3.8) is 0 Å². The fraction of sp³-hybridized carbons (Fsp3) is 0.364. The average Bonchev–Trinajstić information content (AvgIpc) is 2.79. The van der Waals surface area contributed by atoms with Gasteiger partial charge in [0.1, 0.15) is 11.6 Å². The van der Waals surface area contributed by atoms with Crippen LogP contribution in [0.2, 0.25) is 5.15 Å². The van der Waals surface area contributed by atoms with Gasteiger partial charge in [0.15, 0.2) is 0 Å². The summed E-state index contributed by atoms with van der Waals surface area (Å²) >= 11 is 6.95. The second-order valence-corrected chi connectivity index (χ2v) is 5.96. The highest BCUT2D eigenvalue weighted by Gasteiger charge is 2.42. The first-order chi connectivity index (χ1) is 9.84. The summed E-state index contributed by atoms with van der Waals surface area (Å²) in [6.07, 6.45) is 1.17. The van der Waals surface area contributed by atoms with Gasteiger partial charge in [-0.25, -0.2) is 9.78 Å². The molecular weight excluding hydrogens is 322 g/mol. The largest absolute Gasteiger partial charge is 0.480 e. The number of carbonyl (C=O) groups is 2. The molecule has 2 rings (SSSR count). The molecule has 1 aromatic rings. The number of amides is 1. The van der Waals surface area contributed by atoms with E-state index < -0.39 is 39.1 Å². The van der Waals surface area contributed by atoms with E-state index in [2.05, 4.69) is 4.98 Å². The molecule has 0 radical (unpaired) electrons. The van der Waals surface area contributed by atoms with Crippen molar-refractivity contribution < 1.29 is 19.6 Å². The van der Waals surface area contributed by atoms with Crippen molar-refractivity contribution in [3.05, 3.63) is 33.1 Å². The van der Waals surface area contributed by atoms with E-state index in [9.17, 15) is 19.7 Å². The van der Waals surface area contributed by atoms with Crippen LogP contribution in [0.15, 0.2) is 12.3 Å². The lowest BCUT2D eigenvalue weighted by Gasteiger charge is -2.24. The molecule has 0 spiro atoms. The molecule has 21 heavy (non-hydrogen) atoms. The molecule has 2 unspecified atom stereocenters. The van der Waals surface area contributed by atoms with Gasteiger partial charge in [0.25, 0.3) is 5.91 Å². The number of thioether (sulfide) groups is 1. The van der Waals surface area contributed by atoms with Crippen LogP contribution >= 0.6 is 23.4 Å². The maximum absolute atomic E-state index is 12.5. The Morgan fingerprint density at radius 1 is 1.62 bits per heavy atom. The first-order valence-corrected chi connectivity index (χ1v) is 7.23. The van der Waals surface area contributed by atoms with Gasteiger partial charge in [-0.2, -0.15) is 0 Å². The van der Waals surface area contributed by atoms with E-state index in [0.29, 0.717) is 0 Å². The lowest BCUT2D eigenvalue weighted by atomic mass is 10.1. The van der Waals surface area contributed by atoms with Crippen LogP contribution in [0.5, 0.6) is 0 Å². The number of halogens is 1. The fourth-order valence-electron chi connectivity index (χ4n) is 2.06. The van der Waals surface area contributed by atoms with Gasteiger partial charge in [0.2, 0.25) is 5.15 Å². The normalized spacial score (nSPS) is 21.3. The summed E-state index contributed by atoms with van der Waals surface area (Å²) in [6.45, 7) is 1.67. The lowest BCUT2D eigenvalue weighted by molar-refractivity contribution is -0.385. The van der Waals surface area contributed by atoms with Crippen molar-refractivity contribution in [1.82, 2.24) is 9.88 Å². The van der Waals surface area contributed by atoms with Crippen LogP contribution in [0, 0.1) is 10.1 Å². The standard InChI is InChI=1S/C11H10ClN3O5S/c1-5-14(7(4-21-5)11(17)18)10(16)6-2-3-13-9(12)8(6)15(19)20/h2-3,5,7H,4H2,1H3,(H,17,18). The number of carboxylic acid groups (broad SMARTS) is 1. The van der Waals surface area contributed by atoms with Crippen molar-refractivity contribution in [2.75, 3.05) is 5.75 Å². The zero-order valence-electron chi connectivity index (χ0n) is 10.7. The van der Waals surface area contributed by atoms with Gasteiger partial charge in [-0.05, 0) is 13.0 Å². The van der Waals surface area contributed by atoms with E-state index in [1.165, 1.54) is 24.0 Å². The van der Waals surface area contributed by atoms with Gasteiger partial charge >= 0.3 is 11.7 Å². The first-order valence-electron chi connectivity index (χ1n) is 5.80. The van der Waals surface area contributed by atoms with Crippen molar-refractivity contribution in [1.29, 1.82) is 0 Å². The highest BCUT2D eigenvalue weighted by Crippen LogP contribution is 2.33. The van der Waals surface area contributed by atoms with E-state index in [-0.39, 0.29) is 11.3 Å². The number of pyridine rings is 1. The van der Waals surface area contributed by atoms with Crippen molar-refractivity contribution >= 4 is 40.9 Å². The van der Waals surface area contributed by atoms with Crippen LogP contribution in [0.3, 0.4) is 0 Å². The molecule has 1 aliphatic heterocycles. The quantitative estimate of drug-likeness (QED) is 0.508. The Bertz CT molecular complexity index is 626. The van der Waals surface area contributed by atoms with Gasteiger partial charge in [0, 0.05) is 11.9 Å². The Balaban J connectivity index is 2.47. The SMILES string of the molecule is CC1SCC(C(=O)O)N1C(=O)c1ccnc(Cl)c1[N+](=O)[O-]. The molecule has 0 saturated carbocycles. The number of hydrogen-bond acceptors (Lipinski definition) is 6. The molecule has 112 valence electrons. The second-order valence-electron chi connectivity index (χ2n) is 4.25. The minimum absolute atomic E-state index is 0.231. The monoisotopic (exact) mass is 331 g/mol. The molecule has 1 aromatic heterocycles. The van der Waals surface area contributed by atoms with Crippen LogP contribution in [-0.2, 0) is 4.79 Å². The number of carbonyl (C=O) groups excluding carboxylic acids is 1. The third-order valence-electron chi connectivity index (χ3n) is 3.03. The highest BCUT2D eigenvalue weighted by molar-refractivity contribution is 8.00. The number of aliphatic carboxylic acids is 1. The maximum Gasteiger partial charge on any atom is 0.327 e. The summed E-state index contributed by atoms with van der Waals surface area (Å²) in [5.41, 5.74) is -0.877. The predicted octanol–water partition coefficient (Wildman–Crippen LogP) is 1.63. The van der Waals surface area contributed by atoms with Gasteiger partial charge in [-0.15, -0.1) is 11.8 Å². The lowest BCUT2D eigenvalue weighted by Crippen LogP contribution is -2.45. The first kappa shape index (κ1) is 15.5. The molecular formula is C11H10ClN3O5S. The van der Waals surface area contributed by atoms with E-state index in [0.717, 1.165) is 4.90 Å². The van der Waals surface area contributed by atoms with E-state index in [1.807, 2.05) is 0 Å². The molecule has 1 N–H and O–H groups in total. The number of carboxylic acids is 1. The van der Waals surface area contributed by atoms with Crippen LogP contribution in [-0.4, -0.2) is 49.0 Å². The summed E-state index contributed by atoms with van der Waals surface area (Å²) in [5, 5.41) is 19.4.